The van der Waals surface area contributed by atoms with Crippen LogP contribution in [0.5, 0.6) is 11.5 Å². The maximum atomic E-state index is 12.8. The second-order valence-electron chi connectivity index (χ2n) is 8.52. The normalized spacial score (nSPS) is 17.1. The van der Waals surface area contributed by atoms with E-state index in [2.05, 4.69) is 58.9 Å². The van der Waals surface area contributed by atoms with Gasteiger partial charge in [-0.2, -0.15) is 15.1 Å². The lowest BCUT2D eigenvalue weighted by molar-refractivity contribution is -0.114. The third-order valence-corrected chi connectivity index (χ3v) is 7.36. The summed E-state index contributed by atoms with van der Waals surface area (Å²) in [7, 11) is 0. The molecule has 0 aromatic heterocycles. The zero-order chi connectivity index (χ0) is 25.7. The first kappa shape index (κ1) is 26.2. The zero-order valence-electron chi connectivity index (χ0n) is 20.6. The number of carbonyl (C=O) groups excluding carboxylic acids is 1. The number of hydrazone groups is 1. The number of benzene rings is 2. The fraction of sp³-hybridized carbons (Fsp3) is 0.333. The predicted octanol–water partition coefficient (Wildman–Crippen LogP) is 6.84. The number of carbonyl (C=O) groups is 1. The van der Waals surface area contributed by atoms with E-state index in [-0.39, 0.29) is 11.4 Å². The molecule has 2 aromatic carbocycles. The largest absolute Gasteiger partial charge is 0.490 e. The summed E-state index contributed by atoms with van der Waals surface area (Å²) >= 11 is 4.83. The standard InChI is InChI=1S/C27H29BrN4O3S/c1-4-6-24-31-32-25(29)22(26(33)30-27(32)36-24)16-19-15-20(28)9-12-23(19)35-14-13-34-21-10-7-18(8-11-21)17(3)5-2/h7-12,15-17,29H,4-6,13-14H2,1-3H3/b22-16-,29-25?/t17-/m0/s1. The highest BCUT2D eigenvalue weighted by Gasteiger charge is 2.35. The van der Waals surface area contributed by atoms with Crippen molar-refractivity contribution in [1.82, 2.24) is 5.01 Å². The van der Waals surface area contributed by atoms with Crippen LogP contribution >= 0.6 is 27.7 Å². The van der Waals surface area contributed by atoms with Gasteiger partial charge in [-0.25, -0.2) is 0 Å². The van der Waals surface area contributed by atoms with Crippen LogP contribution in [0.2, 0.25) is 0 Å². The van der Waals surface area contributed by atoms with Crippen molar-refractivity contribution >= 4 is 55.7 Å². The third kappa shape index (κ3) is 6.07. The minimum absolute atomic E-state index is 0.0127. The van der Waals surface area contributed by atoms with Crippen LogP contribution in [-0.4, -0.2) is 40.2 Å². The molecule has 7 nitrogen and oxygen atoms in total. The molecule has 0 bridgehead atoms. The van der Waals surface area contributed by atoms with Gasteiger partial charge in [0.2, 0.25) is 5.17 Å². The smallest absolute Gasteiger partial charge is 0.283 e. The molecule has 0 radical (unpaired) electrons. The van der Waals surface area contributed by atoms with Gasteiger partial charge < -0.3 is 9.47 Å². The molecule has 36 heavy (non-hydrogen) atoms. The Morgan fingerprint density at radius 1 is 1.14 bits per heavy atom. The minimum Gasteiger partial charge on any atom is -0.490 e. The summed E-state index contributed by atoms with van der Waals surface area (Å²) in [6, 6.07) is 13.7. The lowest BCUT2D eigenvalue weighted by Gasteiger charge is -2.20. The summed E-state index contributed by atoms with van der Waals surface area (Å²) in [5.41, 5.74) is 2.13. The first-order valence-corrected chi connectivity index (χ1v) is 13.6. The van der Waals surface area contributed by atoms with Gasteiger partial charge in [0, 0.05) is 10.0 Å². The first-order chi connectivity index (χ1) is 17.4. The van der Waals surface area contributed by atoms with Crippen molar-refractivity contribution in [3.05, 3.63) is 63.6 Å². The quantitative estimate of drug-likeness (QED) is 0.250. The molecule has 0 aliphatic carbocycles. The van der Waals surface area contributed by atoms with E-state index in [1.807, 2.05) is 30.3 Å². The van der Waals surface area contributed by atoms with Gasteiger partial charge in [0.25, 0.3) is 5.91 Å². The van der Waals surface area contributed by atoms with Crippen molar-refractivity contribution < 1.29 is 14.3 Å². The summed E-state index contributed by atoms with van der Waals surface area (Å²) in [4.78, 5) is 16.9. The van der Waals surface area contributed by atoms with Crippen LogP contribution in [0, 0.1) is 5.41 Å². The number of amides is 1. The van der Waals surface area contributed by atoms with Crippen LogP contribution in [0.4, 0.5) is 0 Å². The molecule has 1 amide bonds. The number of hydrogen-bond donors (Lipinski definition) is 1. The fourth-order valence-corrected chi connectivity index (χ4v) is 5.07. The SMILES string of the molecule is CCCC1=NN2C(=N)/C(=C/c3cc(Br)ccc3OCCOc3ccc([C@@H](C)CC)cc3)C(=O)N=C2S1. The molecule has 188 valence electrons. The van der Waals surface area contributed by atoms with Crippen LogP contribution in [0.15, 0.2) is 62.6 Å². The highest BCUT2D eigenvalue weighted by Crippen LogP contribution is 2.32. The summed E-state index contributed by atoms with van der Waals surface area (Å²) in [6.45, 7) is 7.15. The number of amidine groups is 2. The molecule has 9 heteroatoms. The molecular formula is C27H29BrN4O3S. The summed E-state index contributed by atoms with van der Waals surface area (Å²) in [5, 5.41) is 15.8. The Labute approximate surface area is 224 Å². The molecule has 0 saturated carbocycles. The lowest BCUT2D eigenvalue weighted by atomic mass is 9.99. The first-order valence-electron chi connectivity index (χ1n) is 12.0. The van der Waals surface area contributed by atoms with Crippen LogP contribution in [0.3, 0.4) is 0 Å². The van der Waals surface area contributed by atoms with Gasteiger partial charge in [0.05, 0.1) is 5.57 Å². The van der Waals surface area contributed by atoms with E-state index >= 15 is 0 Å². The Morgan fingerprint density at radius 3 is 2.61 bits per heavy atom. The summed E-state index contributed by atoms with van der Waals surface area (Å²) in [6.07, 6.45) is 4.46. The highest BCUT2D eigenvalue weighted by molar-refractivity contribution is 9.10. The number of aliphatic imine (C=N–C) groups is 1. The zero-order valence-corrected chi connectivity index (χ0v) is 23.0. The Morgan fingerprint density at radius 2 is 1.89 bits per heavy atom. The second-order valence-corrected chi connectivity index (χ2v) is 10.5. The maximum Gasteiger partial charge on any atom is 0.283 e. The number of hydrogen-bond acceptors (Lipinski definition) is 6. The molecule has 2 aliphatic heterocycles. The van der Waals surface area contributed by atoms with Crippen molar-refractivity contribution in [2.75, 3.05) is 13.2 Å². The molecule has 0 fully saturated rings. The molecule has 4 rings (SSSR count). The molecule has 0 unspecified atom stereocenters. The molecule has 0 spiro atoms. The number of nitrogens with one attached hydrogen (secondary N) is 1. The van der Waals surface area contributed by atoms with E-state index in [0.29, 0.717) is 35.6 Å². The highest BCUT2D eigenvalue weighted by atomic mass is 79.9. The molecule has 0 saturated heterocycles. The van der Waals surface area contributed by atoms with Crippen molar-refractivity contribution in [1.29, 1.82) is 5.41 Å². The molecular weight excluding hydrogens is 540 g/mol. The Hall–Kier alpha value is -2.91. The number of nitrogens with zero attached hydrogens (tertiary/aromatic N) is 3. The van der Waals surface area contributed by atoms with Crippen LogP contribution in [0.1, 0.15) is 57.1 Å². The van der Waals surface area contributed by atoms with Crippen molar-refractivity contribution in [2.24, 2.45) is 10.1 Å². The summed E-state index contributed by atoms with van der Waals surface area (Å²) in [5.74, 6) is 1.46. The van der Waals surface area contributed by atoms with Gasteiger partial charge in [-0.3, -0.25) is 10.2 Å². The van der Waals surface area contributed by atoms with Gasteiger partial charge in [0.1, 0.15) is 29.8 Å². The fourth-order valence-electron chi connectivity index (χ4n) is 3.71. The maximum absolute atomic E-state index is 12.8. The number of fused-ring (bicyclic) bond motifs is 1. The van der Waals surface area contributed by atoms with Crippen LogP contribution in [-0.2, 0) is 4.79 Å². The number of rotatable bonds is 10. The topological polar surface area (TPSA) is 87.3 Å². The number of thioether (sulfide) groups is 1. The third-order valence-electron chi connectivity index (χ3n) is 5.90. The monoisotopic (exact) mass is 568 g/mol. The van der Waals surface area contributed by atoms with E-state index in [4.69, 9.17) is 14.9 Å². The van der Waals surface area contributed by atoms with Crippen molar-refractivity contribution in [3.63, 3.8) is 0 Å². The predicted molar refractivity (Wildman–Crippen MR) is 150 cm³/mol. The summed E-state index contributed by atoms with van der Waals surface area (Å²) < 4.78 is 12.7. The van der Waals surface area contributed by atoms with E-state index < -0.39 is 5.91 Å². The van der Waals surface area contributed by atoms with Crippen LogP contribution in [0.25, 0.3) is 6.08 Å². The minimum atomic E-state index is -0.457. The van der Waals surface area contributed by atoms with Gasteiger partial charge in [-0.15, -0.1) is 0 Å². The number of ether oxygens (including phenoxy) is 2. The van der Waals surface area contributed by atoms with Crippen LogP contribution < -0.4 is 9.47 Å². The lowest BCUT2D eigenvalue weighted by Crippen LogP contribution is -2.35. The van der Waals surface area contributed by atoms with E-state index in [1.165, 1.54) is 22.3 Å². The van der Waals surface area contributed by atoms with E-state index in [1.54, 1.807) is 6.08 Å². The molecule has 2 aliphatic rings. The molecule has 2 heterocycles. The van der Waals surface area contributed by atoms with Gasteiger partial charge in [-0.05, 0) is 78.9 Å². The molecule has 1 N–H and O–H groups in total. The van der Waals surface area contributed by atoms with E-state index in [0.717, 1.165) is 34.5 Å². The van der Waals surface area contributed by atoms with Crippen molar-refractivity contribution in [2.45, 2.75) is 46.0 Å². The van der Waals surface area contributed by atoms with Gasteiger partial charge in [-0.1, -0.05) is 48.8 Å². The van der Waals surface area contributed by atoms with E-state index in [9.17, 15) is 4.79 Å². The molecule has 1 atom stereocenters. The Bertz CT molecular complexity index is 1240. The average molecular weight is 570 g/mol. The van der Waals surface area contributed by atoms with Gasteiger partial charge in [0.15, 0.2) is 5.84 Å². The Balaban J connectivity index is 1.44. The van der Waals surface area contributed by atoms with Crippen molar-refractivity contribution in [3.8, 4) is 11.5 Å². The van der Waals surface area contributed by atoms with Gasteiger partial charge >= 0.3 is 0 Å². The average Bonchev–Trinajstić information content (AvgIpc) is 3.28. The second kappa shape index (κ2) is 11.9. The molecule has 2 aromatic rings. The number of halogens is 1. The Kier molecular flexibility index (Phi) is 8.64.